The Labute approximate surface area is 245 Å². The fourth-order valence-corrected chi connectivity index (χ4v) is 6.40. The Morgan fingerprint density at radius 1 is 1.12 bits per heavy atom. The first-order valence-corrected chi connectivity index (χ1v) is 14.8. The molecule has 4 heterocycles. The van der Waals surface area contributed by atoms with E-state index in [2.05, 4.69) is 77.7 Å². The number of imidazole rings is 2. The summed E-state index contributed by atoms with van der Waals surface area (Å²) >= 11 is 0. The van der Waals surface area contributed by atoms with Crippen molar-refractivity contribution in [3.63, 3.8) is 0 Å². The van der Waals surface area contributed by atoms with Crippen LogP contribution in [0.3, 0.4) is 0 Å². The molecule has 7 atom stereocenters. The molecule has 1 saturated carbocycles. The number of H-pyrrole nitrogens is 1. The van der Waals surface area contributed by atoms with E-state index in [4.69, 9.17) is 15.5 Å². The molecule has 226 valence electrons. The number of hydrogen-bond donors (Lipinski definition) is 5. The minimum Gasteiger partial charge on any atom is -0.391 e. The first-order valence-electron chi connectivity index (χ1n) is 14.8. The monoisotopic (exact) mass is 578 g/mol. The van der Waals surface area contributed by atoms with E-state index in [9.17, 15) is 15.3 Å². The maximum Gasteiger partial charge on any atom is 0.167 e. The smallest absolute Gasteiger partial charge is 0.167 e. The number of aromatic amines is 1. The topological polar surface area (TPSA) is 171 Å². The van der Waals surface area contributed by atoms with E-state index in [1.165, 1.54) is 18.2 Å². The molecule has 0 radical (unpaired) electrons. The summed E-state index contributed by atoms with van der Waals surface area (Å²) in [5.74, 6) is 1.33. The molecular formula is C30H42N8O4. The van der Waals surface area contributed by atoms with Gasteiger partial charge in [0, 0.05) is 25.0 Å². The number of hydrogen-bond acceptors (Lipinski definition) is 10. The summed E-state index contributed by atoms with van der Waals surface area (Å²) in [4.78, 5) is 22.9. The molecule has 1 aromatic carbocycles. The lowest BCUT2D eigenvalue weighted by Gasteiger charge is -2.49. The Kier molecular flexibility index (Phi) is 7.47. The maximum atomic E-state index is 11.2. The van der Waals surface area contributed by atoms with Crippen molar-refractivity contribution in [2.45, 2.75) is 102 Å². The molecule has 1 saturated heterocycles. The van der Waals surface area contributed by atoms with E-state index >= 15 is 0 Å². The zero-order valence-corrected chi connectivity index (χ0v) is 24.8. The first-order chi connectivity index (χ1) is 19.9. The number of anilines is 1. The van der Waals surface area contributed by atoms with Gasteiger partial charge in [0.2, 0.25) is 0 Å². The molecule has 0 bridgehead atoms. The Balaban J connectivity index is 1.08. The van der Waals surface area contributed by atoms with E-state index in [0.717, 1.165) is 36.1 Å². The number of nitrogens with one attached hydrogen (secondary N) is 1. The lowest BCUT2D eigenvalue weighted by atomic mass is 9.73. The minimum absolute atomic E-state index is 0.0615. The van der Waals surface area contributed by atoms with E-state index < -0.39 is 30.6 Å². The average Bonchev–Trinajstić information content (AvgIpc) is 3.62. The molecule has 4 aromatic rings. The number of nitrogen functional groups attached to an aromatic ring is 1. The average molecular weight is 579 g/mol. The summed E-state index contributed by atoms with van der Waals surface area (Å²) in [6.07, 6.45) is 0.920. The number of aryl methyl sites for hydroxylation is 1. The van der Waals surface area contributed by atoms with Gasteiger partial charge in [-0.3, -0.25) is 9.47 Å². The van der Waals surface area contributed by atoms with Gasteiger partial charge in [-0.25, -0.2) is 19.9 Å². The third-order valence-corrected chi connectivity index (χ3v) is 9.05. The summed E-state index contributed by atoms with van der Waals surface area (Å²) in [5, 5.41) is 33.0. The standard InChI is InChI=1S/C30H42N8O4/c1-15(2)37(12-21-25(40)26(41)29(42-21)38-14-34-23-27(31)32-13-33-28(23)38)20-10-16(24(20)39)6-9-22-35-18-8-7-17(30(3,4)5)11-19(18)36-22/h7-8,11,13-16,20-21,24-26,29,39-41H,6,9-10,12H2,1-5H3,(H,35,36)(H2,31,32,33)/t16-,20-,21+,24?,25+,26+,29+/m0/s1. The summed E-state index contributed by atoms with van der Waals surface area (Å²) in [5.41, 5.74) is 10.1. The second-order valence-electron chi connectivity index (χ2n) is 13.2. The van der Waals surface area contributed by atoms with Gasteiger partial charge in [0.05, 0.1) is 23.5 Å². The molecule has 0 spiro atoms. The number of fused-ring (bicyclic) bond motifs is 2. The van der Waals surface area contributed by atoms with Crippen LogP contribution in [-0.4, -0.2) is 92.8 Å². The van der Waals surface area contributed by atoms with Crippen molar-refractivity contribution >= 4 is 28.0 Å². The van der Waals surface area contributed by atoms with Crippen LogP contribution < -0.4 is 5.73 Å². The van der Waals surface area contributed by atoms with E-state index in [1.807, 2.05) is 0 Å². The quantitative estimate of drug-likeness (QED) is 0.209. The SMILES string of the molecule is CC(C)N(C[C@H]1O[C@@H](n2cnc3c(N)ncnc32)[C@H](O)[C@@H]1O)[C@H]1C[C@H](CCc2nc3ccc(C(C)(C)C)cc3[nH]2)C1O. The second kappa shape index (κ2) is 10.8. The van der Waals surface area contributed by atoms with Crippen molar-refractivity contribution < 1.29 is 20.1 Å². The number of benzene rings is 1. The number of aromatic nitrogens is 6. The number of aliphatic hydroxyl groups is 3. The van der Waals surface area contributed by atoms with Crippen LogP contribution in [0.2, 0.25) is 0 Å². The van der Waals surface area contributed by atoms with Crippen LogP contribution in [0, 0.1) is 5.92 Å². The van der Waals surface area contributed by atoms with Gasteiger partial charge >= 0.3 is 0 Å². The molecule has 1 unspecified atom stereocenters. The van der Waals surface area contributed by atoms with Crippen molar-refractivity contribution in [2.75, 3.05) is 12.3 Å². The zero-order valence-electron chi connectivity index (χ0n) is 24.8. The molecular weight excluding hydrogens is 536 g/mol. The molecule has 3 aromatic heterocycles. The zero-order chi connectivity index (χ0) is 29.9. The maximum absolute atomic E-state index is 11.2. The Morgan fingerprint density at radius 3 is 2.62 bits per heavy atom. The molecule has 6 rings (SSSR count). The van der Waals surface area contributed by atoms with Crippen LogP contribution >= 0.6 is 0 Å². The largest absolute Gasteiger partial charge is 0.391 e. The van der Waals surface area contributed by atoms with Gasteiger partial charge in [-0.2, -0.15) is 0 Å². The third-order valence-electron chi connectivity index (χ3n) is 9.05. The normalized spacial score (nSPS) is 28.4. The predicted molar refractivity (Wildman–Crippen MR) is 159 cm³/mol. The van der Waals surface area contributed by atoms with Gasteiger partial charge in [0.1, 0.15) is 36.0 Å². The predicted octanol–water partition coefficient (Wildman–Crippen LogP) is 2.29. The van der Waals surface area contributed by atoms with Gasteiger partial charge in [0.15, 0.2) is 17.7 Å². The molecule has 1 aliphatic carbocycles. The van der Waals surface area contributed by atoms with Crippen LogP contribution in [0.1, 0.15) is 65.1 Å². The summed E-state index contributed by atoms with van der Waals surface area (Å²) < 4.78 is 7.77. The van der Waals surface area contributed by atoms with Crippen molar-refractivity contribution in [1.82, 2.24) is 34.4 Å². The van der Waals surface area contributed by atoms with Crippen molar-refractivity contribution in [2.24, 2.45) is 5.92 Å². The van der Waals surface area contributed by atoms with Gasteiger partial charge in [-0.05, 0) is 55.7 Å². The molecule has 1 aliphatic heterocycles. The third kappa shape index (κ3) is 5.15. The van der Waals surface area contributed by atoms with Crippen LogP contribution in [0.25, 0.3) is 22.2 Å². The number of nitrogens with zero attached hydrogens (tertiary/aromatic N) is 6. The van der Waals surface area contributed by atoms with Crippen molar-refractivity contribution in [3.8, 4) is 0 Å². The fourth-order valence-electron chi connectivity index (χ4n) is 6.40. The highest BCUT2D eigenvalue weighted by Crippen LogP contribution is 2.39. The number of aliphatic hydroxyl groups excluding tert-OH is 3. The highest BCUT2D eigenvalue weighted by atomic mass is 16.6. The lowest BCUT2D eigenvalue weighted by molar-refractivity contribution is -0.110. The Morgan fingerprint density at radius 2 is 1.90 bits per heavy atom. The summed E-state index contributed by atoms with van der Waals surface area (Å²) in [6, 6.07) is 6.44. The van der Waals surface area contributed by atoms with Crippen LogP contribution in [0.4, 0.5) is 5.82 Å². The van der Waals surface area contributed by atoms with Crippen LogP contribution in [0.15, 0.2) is 30.9 Å². The highest BCUT2D eigenvalue weighted by Gasteiger charge is 2.49. The van der Waals surface area contributed by atoms with Gasteiger partial charge in [0.25, 0.3) is 0 Å². The van der Waals surface area contributed by atoms with Gasteiger partial charge < -0.3 is 30.8 Å². The van der Waals surface area contributed by atoms with E-state index in [1.54, 1.807) is 4.57 Å². The minimum atomic E-state index is -1.18. The van der Waals surface area contributed by atoms with Crippen molar-refractivity contribution in [1.29, 1.82) is 0 Å². The number of rotatable bonds is 8. The molecule has 12 heteroatoms. The molecule has 0 amide bonds. The lowest BCUT2D eigenvalue weighted by Crippen LogP contribution is -2.60. The second-order valence-corrected chi connectivity index (χ2v) is 13.2. The molecule has 42 heavy (non-hydrogen) atoms. The summed E-state index contributed by atoms with van der Waals surface area (Å²) in [7, 11) is 0. The van der Waals surface area contributed by atoms with E-state index in [-0.39, 0.29) is 29.2 Å². The Bertz CT molecular complexity index is 1560. The number of nitrogens with two attached hydrogens (primary N) is 1. The van der Waals surface area contributed by atoms with Crippen LogP contribution in [-0.2, 0) is 16.6 Å². The fraction of sp³-hybridized carbons (Fsp3) is 0.600. The van der Waals surface area contributed by atoms with Crippen molar-refractivity contribution in [3.05, 3.63) is 42.2 Å². The molecule has 2 aliphatic rings. The summed E-state index contributed by atoms with van der Waals surface area (Å²) in [6.45, 7) is 11.1. The molecule has 2 fully saturated rings. The highest BCUT2D eigenvalue weighted by molar-refractivity contribution is 5.81. The van der Waals surface area contributed by atoms with Gasteiger partial charge in [-0.15, -0.1) is 0 Å². The first kappa shape index (κ1) is 28.9. The molecule has 12 nitrogen and oxygen atoms in total. The Hall–Kier alpha value is -3.16. The van der Waals surface area contributed by atoms with Crippen LogP contribution in [0.5, 0.6) is 0 Å². The number of ether oxygens (including phenoxy) is 1. The van der Waals surface area contributed by atoms with E-state index in [0.29, 0.717) is 17.7 Å². The molecule has 6 N–H and O–H groups in total. The van der Waals surface area contributed by atoms with Gasteiger partial charge in [-0.1, -0.05) is 26.8 Å².